The minimum absolute atomic E-state index is 0.149. The normalized spacial score (nSPS) is 24.1. The predicted molar refractivity (Wildman–Crippen MR) is 68.6 cm³/mol. The number of halogens is 1. The molecule has 2 unspecified atom stereocenters. The average Bonchev–Trinajstić information content (AvgIpc) is 2.43. The number of nitrogens with one attached hydrogen (secondary N) is 1. The van der Waals surface area contributed by atoms with Gasteiger partial charge in [-0.2, -0.15) is 0 Å². The summed E-state index contributed by atoms with van der Waals surface area (Å²) in [6, 6.07) is 5.56. The molecule has 0 saturated carbocycles. The van der Waals surface area contributed by atoms with Crippen molar-refractivity contribution >= 4 is 11.8 Å². The summed E-state index contributed by atoms with van der Waals surface area (Å²) in [6.07, 6.45) is 0.241. The van der Waals surface area contributed by atoms with Gasteiger partial charge < -0.3 is 10.2 Å². The van der Waals surface area contributed by atoms with Crippen LogP contribution in [0.2, 0.25) is 0 Å². The first-order valence-corrected chi connectivity index (χ1v) is 6.32. The SMILES string of the molecule is CC1NC(=O)CC(C)N(Cc2ccccc2F)C1=O. The number of amides is 2. The van der Waals surface area contributed by atoms with Crippen molar-refractivity contribution in [2.75, 3.05) is 0 Å². The molecular weight excluding hydrogens is 247 g/mol. The second-order valence-electron chi connectivity index (χ2n) is 4.90. The number of nitrogens with zero attached hydrogens (tertiary/aromatic N) is 1. The summed E-state index contributed by atoms with van der Waals surface area (Å²) in [4.78, 5) is 25.3. The topological polar surface area (TPSA) is 49.4 Å². The Morgan fingerprint density at radius 3 is 2.68 bits per heavy atom. The van der Waals surface area contributed by atoms with Crippen LogP contribution in [0.5, 0.6) is 0 Å². The second-order valence-corrected chi connectivity index (χ2v) is 4.90. The van der Waals surface area contributed by atoms with Gasteiger partial charge in [0, 0.05) is 24.6 Å². The fourth-order valence-corrected chi connectivity index (χ4v) is 2.25. The first-order chi connectivity index (χ1) is 8.99. The van der Waals surface area contributed by atoms with E-state index in [2.05, 4.69) is 5.32 Å². The lowest BCUT2D eigenvalue weighted by molar-refractivity contribution is -0.135. The maximum absolute atomic E-state index is 13.7. The van der Waals surface area contributed by atoms with E-state index in [0.29, 0.717) is 5.56 Å². The van der Waals surface area contributed by atoms with Gasteiger partial charge >= 0.3 is 0 Å². The van der Waals surface area contributed by atoms with Crippen molar-refractivity contribution in [2.24, 2.45) is 0 Å². The van der Waals surface area contributed by atoms with Crippen LogP contribution in [0.25, 0.3) is 0 Å². The third-order valence-corrected chi connectivity index (χ3v) is 3.34. The maximum Gasteiger partial charge on any atom is 0.245 e. The van der Waals surface area contributed by atoms with Gasteiger partial charge in [-0.15, -0.1) is 0 Å². The standard InChI is InChI=1S/C14H17FN2O2/c1-9-7-13(18)16-10(2)14(19)17(9)8-11-5-3-4-6-12(11)15/h3-6,9-10H,7-8H2,1-2H3,(H,16,18). The highest BCUT2D eigenvalue weighted by atomic mass is 19.1. The van der Waals surface area contributed by atoms with Crippen LogP contribution in [0, 0.1) is 5.82 Å². The molecular formula is C14H17FN2O2. The molecule has 19 heavy (non-hydrogen) atoms. The van der Waals surface area contributed by atoms with Crippen LogP contribution in [-0.2, 0) is 16.1 Å². The summed E-state index contributed by atoms with van der Waals surface area (Å²) < 4.78 is 13.7. The molecule has 1 aromatic rings. The molecule has 4 nitrogen and oxygen atoms in total. The van der Waals surface area contributed by atoms with Gasteiger partial charge in [0.15, 0.2) is 0 Å². The van der Waals surface area contributed by atoms with Crippen molar-refractivity contribution < 1.29 is 14.0 Å². The molecule has 0 spiro atoms. The van der Waals surface area contributed by atoms with Gasteiger partial charge in [-0.25, -0.2) is 4.39 Å². The van der Waals surface area contributed by atoms with Gasteiger partial charge in [0.1, 0.15) is 11.9 Å². The number of hydrogen-bond donors (Lipinski definition) is 1. The van der Waals surface area contributed by atoms with Gasteiger partial charge in [-0.1, -0.05) is 18.2 Å². The molecule has 0 radical (unpaired) electrons. The summed E-state index contributed by atoms with van der Waals surface area (Å²) in [5.41, 5.74) is 0.462. The van der Waals surface area contributed by atoms with Crippen LogP contribution in [0.4, 0.5) is 4.39 Å². The van der Waals surface area contributed by atoms with Crippen molar-refractivity contribution in [1.29, 1.82) is 0 Å². The van der Waals surface area contributed by atoms with Crippen molar-refractivity contribution in [3.8, 4) is 0 Å². The molecule has 2 rings (SSSR count). The summed E-state index contributed by atoms with van der Waals surface area (Å²) >= 11 is 0. The van der Waals surface area contributed by atoms with Gasteiger partial charge in [0.05, 0.1) is 0 Å². The van der Waals surface area contributed by atoms with Gasteiger partial charge in [0.2, 0.25) is 11.8 Å². The highest BCUT2D eigenvalue weighted by molar-refractivity contribution is 5.90. The third kappa shape index (κ3) is 2.92. The van der Waals surface area contributed by atoms with E-state index < -0.39 is 6.04 Å². The third-order valence-electron chi connectivity index (χ3n) is 3.34. The maximum atomic E-state index is 13.7. The summed E-state index contributed by atoms with van der Waals surface area (Å²) in [5, 5.41) is 2.63. The number of benzene rings is 1. The van der Waals surface area contributed by atoms with Crippen LogP contribution in [0.3, 0.4) is 0 Å². The molecule has 1 aliphatic rings. The van der Waals surface area contributed by atoms with E-state index >= 15 is 0 Å². The molecule has 0 aromatic heterocycles. The van der Waals surface area contributed by atoms with E-state index in [-0.39, 0.29) is 36.6 Å². The molecule has 1 heterocycles. The van der Waals surface area contributed by atoms with Gasteiger partial charge in [-0.3, -0.25) is 9.59 Å². The number of rotatable bonds is 2. The van der Waals surface area contributed by atoms with Crippen LogP contribution in [-0.4, -0.2) is 28.8 Å². The first kappa shape index (κ1) is 13.5. The van der Waals surface area contributed by atoms with Gasteiger partial charge in [-0.05, 0) is 19.9 Å². The number of carbonyl (C=O) groups excluding carboxylic acids is 2. The Kier molecular flexibility index (Phi) is 3.83. The minimum Gasteiger partial charge on any atom is -0.345 e. The Bertz CT molecular complexity index is 504. The molecule has 1 N–H and O–H groups in total. The zero-order chi connectivity index (χ0) is 14.0. The molecule has 1 fully saturated rings. The Hall–Kier alpha value is -1.91. The largest absolute Gasteiger partial charge is 0.345 e. The minimum atomic E-state index is -0.566. The summed E-state index contributed by atoms with van der Waals surface area (Å²) in [6.45, 7) is 3.63. The molecule has 1 saturated heterocycles. The van der Waals surface area contributed by atoms with Gasteiger partial charge in [0.25, 0.3) is 0 Å². The molecule has 102 valence electrons. The monoisotopic (exact) mass is 264 g/mol. The first-order valence-electron chi connectivity index (χ1n) is 6.32. The van der Waals surface area contributed by atoms with Crippen molar-refractivity contribution in [3.63, 3.8) is 0 Å². The number of carbonyl (C=O) groups is 2. The van der Waals surface area contributed by atoms with E-state index in [4.69, 9.17) is 0 Å². The predicted octanol–water partition coefficient (Wildman–Crippen LogP) is 1.45. The molecule has 1 aliphatic heterocycles. The lowest BCUT2D eigenvalue weighted by Crippen LogP contribution is -2.44. The Morgan fingerprint density at radius 2 is 2.00 bits per heavy atom. The smallest absolute Gasteiger partial charge is 0.245 e. The average molecular weight is 264 g/mol. The Labute approximate surface area is 111 Å². The van der Waals surface area contributed by atoms with Crippen LogP contribution in [0.15, 0.2) is 24.3 Å². The van der Waals surface area contributed by atoms with E-state index in [0.717, 1.165) is 0 Å². The van der Waals surface area contributed by atoms with E-state index in [1.54, 1.807) is 36.9 Å². The van der Waals surface area contributed by atoms with E-state index in [1.807, 2.05) is 0 Å². The number of hydrogen-bond acceptors (Lipinski definition) is 2. The van der Waals surface area contributed by atoms with Crippen LogP contribution < -0.4 is 5.32 Å². The quantitative estimate of drug-likeness (QED) is 0.879. The fraction of sp³-hybridized carbons (Fsp3) is 0.429. The van der Waals surface area contributed by atoms with Crippen LogP contribution in [0.1, 0.15) is 25.8 Å². The molecule has 0 bridgehead atoms. The van der Waals surface area contributed by atoms with E-state index in [1.165, 1.54) is 6.07 Å². The Morgan fingerprint density at radius 1 is 1.32 bits per heavy atom. The van der Waals surface area contributed by atoms with E-state index in [9.17, 15) is 14.0 Å². The highest BCUT2D eigenvalue weighted by Gasteiger charge is 2.31. The fourth-order valence-electron chi connectivity index (χ4n) is 2.25. The Balaban J connectivity index is 2.24. The highest BCUT2D eigenvalue weighted by Crippen LogP contribution is 2.17. The molecule has 0 aliphatic carbocycles. The van der Waals surface area contributed by atoms with Crippen molar-refractivity contribution in [3.05, 3.63) is 35.6 Å². The summed E-state index contributed by atoms with van der Waals surface area (Å²) in [5.74, 6) is -0.662. The molecule has 1 aromatic carbocycles. The second kappa shape index (κ2) is 5.38. The lowest BCUT2D eigenvalue weighted by Gasteiger charge is -2.28. The van der Waals surface area contributed by atoms with Crippen molar-refractivity contribution in [1.82, 2.24) is 10.2 Å². The summed E-state index contributed by atoms with van der Waals surface area (Å²) in [7, 11) is 0. The molecule has 2 atom stereocenters. The van der Waals surface area contributed by atoms with Crippen LogP contribution >= 0.6 is 0 Å². The van der Waals surface area contributed by atoms with Crippen molar-refractivity contribution in [2.45, 2.75) is 38.9 Å². The lowest BCUT2D eigenvalue weighted by atomic mass is 10.1. The zero-order valence-electron chi connectivity index (χ0n) is 11.0. The molecule has 2 amide bonds. The molecule has 5 heteroatoms. The zero-order valence-corrected chi connectivity index (χ0v) is 11.0.